The fraction of sp³-hybridized carbons (Fsp3) is 0.200. The molecule has 158 valence electrons. The van der Waals surface area contributed by atoms with Gasteiger partial charge in [-0.15, -0.1) is 0 Å². The normalized spacial score (nSPS) is 14.9. The molecule has 0 spiro atoms. The first kappa shape index (κ1) is 20.5. The summed E-state index contributed by atoms with van der Waals surface area (Å²) in [5.41, 5.74) is 2.64. The molecule has 3 aromatic carbocycles. The zero-order valence-electron chi connectivity index (χ0n) is 17.3. The number of benzene rings is 3. The summed E-state index contributed by atoms with van der Waals surface area (Å²) in [5.74, 6) is 0.928. The molecule has 31 heavy (non-hydrogen) atoms. The van der Waals surface area contributed by atoms with Gasteiger partial charge in [0.25, 0.3) is 5.91 Å². The number of nitrogens with zero attached hydrogens (tertiary/aromatic N) is 1. The first-order chi connectivity index (χ1) is 15.1. The van der Waals surface area contributed by atoms with Gasteiger partial charge in [-0.2, -0.15) is 0 Å². The van der Waals surface area contributed by atoms with Crippen LogP contribution in [-0.2, 0) is 22.7 Å². The third-order valence-corrected chi connectivity index (χ3v) is 5.16. The average Bonchev–Trinajstić information content (AvgIpc) is 2.81. The summed E-state index contributed by atoms with van der Waals surface area (Å²) < 4.78 is 11.7. The smallest absolute Gasteiger partial charge is 0.263 e. The summed E-state index contributed by atoms with van der Waals surface area (Å²) in [7, 11) is 0. The average molecular weight is 416 g/mol. The van der Waals surface area contributed by atoms with Crippen molar-refractivity contribution >= 4 is 17.5 Å². The second kappa shape index (κ2) is 9.34. The molecule has 6 nitrogen and oxygen atoms in total. The lowest BCUT2D eigenvalue weighted by Gasteiger charge is -2.33. The second-order valence-electron chi connectivity index (χ2n) is 7.29. The second-order valence-corrected chi connectivity index (χ2v) is 7.29. The molecule has 0 radical (unpaired) electrons. The lowest BCUT2D eigenvalue weighted by Crippen LogP contribution is -2.50. The third-order valence-electron chi connectivity index (χ3n) is 5.16. The van der Waals surface area contributed by atoms with Crippen LogP contribution in [0.3, 0.4) is 0 Å². The summed E-state index contributed by atoms with van der Waals surface area (Å²) in [6.45, 7) is 2.41. The van der Waals surface area contributed by atoms with E-state index in [0.717, 1.165) is 16.9 Å². The van der Waals surface area contributed by atoms with Crippen molar-refractivity contribution in [2.45, 2.75) is 26.2 Å². The Labute approximate surface area is 181 Å². The summed E-state index contributed by atoms with van der Waals surface area (Å²) in [4.78, 5) is 26.5. The van der Waals surface area contributed by atoms with Gasteiger partial charge in [0.2, 0.25) is 5.91 Å². The van der Waals surface area contributed by atoms with Gasteiger partial charge in [0.15, 0.2) is 6.10 Å². The molecular formula is C25H24N2O4. The molecule has 0 bridgehead atoms. The number of carbonyl (C=O) groups is 2. The van der Waals surface area contributed by atoms with Crippen LogP contribution in [0, 0.1) is 0 Å². The molecule has 6 heteroatoms. The molecule has 1 atom stereocenters. The van der Waals surface area contributed by atoms with E-state index in [1.807, 2.05) is 72.8 Å². The standard InChI is InChI=1S/C25H24N2O4/c1-18(28)27-16-24(31-23-14-8-7-13-22(23)27)25(29)26-15-19-9-5-6-10-20(19)17-30-21-11-3-2-4-12-21/h2-14,24H,15-17H2,1H3,(H,26,29)/t24-/m1/s1. The van der Waals surface area contributed by atoms with Gasteiger partial charge in [0.1, 0.15) is 18.1 Å². The Morgan fingerprint density at radius 2 is 1.65 bits per heavy atom. The Bertz CT molecular complexity index is 1070. The molecule has 2 amide bonds. The van der Waals surface area contributed by atoms with E-state index in [1.165, 1.54) is 6.92 Å². The van der Waals surface area contributed by atoms with Crippen LogP contribution in [0.2, 0.25) is 0 Å². The summed E-state index contributed by atoms with van der Waals surface area (Å²) in [6, 6.07) is 24.7. The van der Waals surface area contributed by atoms with Crippen LogP contribution in [0.5, 0.6) is 11.5 Å². The molecule has 0 saturated heterocycles. The lowest BCUT2D eigenvalue weighted by atomic mass is 10.1. The maximum Gasteiger partial charge on any atom is 0.263 e. The first-order valence-corrected chi connectivity index (χ1v) is 10.2. The number of carbonyl (C=O) groups excluding carboxylic acids is 2. The van der Waals surface area contributed by atoms with E-state index in [1.54, 1.807) is 11.0 Å². The molecule has 0 unspecified atom stereocenters. The van der Waals surface area contributed by atoms with E-state index in [2.05, 4.69) is 5.32 Å². The number of hydrogen-bond acceptors (Lipinski definition) is 4. The van der Waals surface area contributed by atoms with Gasteiger partial charge in [-0.05, 0) is 35.4 Å². The zero-order chi connectivity index (χ0) is 21.6. The van der Waals surface area contributed by atoms with E-state index in [0.29, 0.717) is 24.6 Å². The Kier molecular flexibility index (Phi) is 6.17. The van der Waals surface area contributed by atoms with Crippen molar-refractivity contribution in [2.75, 3.05) is 11.4 Å². The van der Waals surface area contributed by atoms with Crippen LogP contribution in [0.1, 0.15) is 18.1 Å². The minimum absolute atomic E-state index is 0.128. The Balaban J connectivity index is 1.41. The molecule has 1 aliphatic heterocycles. The van der Waals surface area contributed by atoms with E-state index in [9.17, 15) is 9.59 Å². The van der Waals surface area contributed by atoms with Crippen LogP contribution in [0.4, 0.5) is 5.69 Å². The summed E-state index contributed by atoms with van der Waals surface area (Å²) in [5, 5.41) is 2.94. The number of para-hydroxylation sites is 3. The number of fused-ring (bicyclic) bond motifs is 1. The van der Waals surface area contributed by atoms with E-state index >= 15 is 0 Å². The number of anilines is 1. The topological polar surface area (TPSA) is 67.9 Å². The van der Waals surface area contributed by atoms with E-state index in [4.69, 9.17) is 9.47 Å². The van der Waals surface area contributed by atoms with Gasteiger partial charge in [-0.1, -0.05) is 54.6 Å². The van der Waals surface area contributed by atoms with Gasteiger partial charge in [-0.3, -0.25) is 9.59 Å². The van der Waals surface area contributed by atoms with Crippen molar-refractivity contribution in [3.05, 3.63) is 90.0 Å². The number of hydrogen-bond donors (Lipinski definition) is 1. The number of nitrogens with one attached hydrogen (secondary N) is 1. The van der Waals surface area contributed by atoms with Gasteiger partial charge < -0.3 is 19.7 Å². The first-order valence-electron chi connectivity index (χ1n) is 10.2. The minimum atomic E-state index is -0.772. The quantitative estimate of drug-likeness (QED) is 0.665. The van der Waals surface area contributed by atoms with Crippen molar-refractivity contribution in [1.29, 1.82) is 0 Å². The van der Waals surface area contributed by atoms with Crippen LogP contribution in [0.15, 0.2) is 78.9 Å². The highest BCUT2D eigenvalue weighted by molar-refractivity contribution is 5.95. The van der Waals surface area contributed by atoms with Crippen molar-refractivity contribution in [2.24, 2.45) is 0 Å². The highest BCUT2D eigenvalue weighted by atomic mass is 16.5. The summed E-state index contributed by atoms with van der Waals surface area (Å²) in [6.07, 6.45) is -0.772. The highest BCUT2D eigenvalue weighted by Crippen LogP contribution is 2.33. The lowest BCUT2D eigenvalue weighted by molar-refractivity contribution is -0.128. The van der Waals surface area contributed by atoms with Crippen molar-refractivity contribution < 1.29 is 19.1 Å². The van der Waals surface area contributed by atoms with Crippen molar-refractivity contribution in [1.82, 2.24) is 5.32 Å². The van der Waals surface area contributed by atoms with Crippen LogP contribution in [-0.4, -0.2) is 24.5 Å². The van der Waals surface area contributed by atoms with Crippen LogP contribution < -0.4 is 19.7 Å². The fourth-order valence-corrected chi connectivity index (χ4v) is 3.51. The van der Waals surface area contributed by atoms with Gasteiger partial charge >= 0.3 is 0 Å². The Morgan fingerprint density at radius 1 is 0.968 bits per heavy atom. The number of ether oxygens (including phenoxy) is 2. The molecule has 3 aromatic rings. The fourth-order valence-electron chi connectivity index (χ4n) is 3.51. The largest absolute Gasteiger partial charge is 0.489 e. The SMILES string of the molecule is CC(=O)N1C[C@H](C(=O)NCc2ccccc2COc2ccccc2)Oc2ccccc21. The maximum atomic E-state index is 12.8. The van der Waals surface area contributed by atoms with Crippen LogP contribution >= 0.6 is 0 Å². The molecular weight excluding hydrogens is 392 g/mol. The Hall–Kier alpha value is -3.80. The number of rotatable bonds is 6. The zero-order valence-corrected chi connectivity index (χ0v) is 17.3. The van der Waals surface area contributed by atoms with Crippen LogP contribution in [0.25, 0.3) is 0 Å². The Morgan fingerprint density at radius 3 is 2.42 bits per heavy atom. The molecule has 1 aliphatic rings. The predicted octanol–water partition coefficient (Wildman–Crippen LogP) is 3.70. The third kappa shape index (κ3) is 4.86. The molecule has 4 rings (SSSR count). The van der Waals surface area contributed by atoms with Crippen molar-refractivity contribution in [3.63, 3.8) is 0 Å². The molecule has 1 heterocycles. The van der Waals surface area contributed by atoms with E-state index < -0.39 is 6.10 Å². The molecule has 0 aromatic heterocycles. The van der Waals surface area contributed by atoms with Crippen molar-refractivity contribution in [3.8, 4) is 11.5 Å². The molecule has 0 saturated carbocycles. The molecule has 1 N–H and O–H groups in total. The van der Waals surface area contributed by atoms with Gasteiger partial charge in [-0.25, -0.2) is 0 Å². The predicted molar refractivity (Wildman–Crippen MR) is 118 cm³/mol. The molecule has 0 aliphatic carbocycles. The minimum Gasteiger partial charge on any atom is -0.489 e. The monoisotopic (exact) mass is 416 g/mol. The maximum absolute atomic E-state index is 12.8. The van der Waals surface area contributed by atoms with Gasteiger partial charge in [0.05, 0.1) is 12.2 Å². The number of amides is 2. The van der Waals surface area contributed by atoms with E-state index in [-0.39, 0.29) is 18.4 Å². The van der Waals surface area contributed by atoms with Gasteiger partial charge in [0, 0.05) is 13.5 Å². The molecule has 0 fully saturated rings. The highest BCUT2D eigenvalue weighted by Gasteiger charge is 2.32. The summed E-state index contributed by atoms with van der Waals surface area (Å²) >= 11 is 0.